The van der Waals surface area contributed by atoms with Gasteiger partial charge in [0.15, 0.2) is 0 Å². The van der Waals surface area contributed by atoms with E-state index in [1.165, 1.54) is 5.56 Å². The van der Waals surface area contributed by atoms with E-state index in [-0.39, 0.29) is 6.04 Å². The highest BCUT2D eigenvalue weighted by Crippen LogP contribution is 2.23. The third-order valence-corrected chi connectivity index (χ3v) is 3.57. The number of hydrogen-bond donors (Lipinski definition) is 1. The van der Waals surface area contributed by atoms with Crippen molar-refractivity contribution in [2.24, 2.45) is 5.73 Å². The minimum Gasteiger partial charge on any atom is -0.496 e. The standard InChI is InChI=1S/C17H22N2O/c1-4-13-5-7-15(19-11-13)10-16(18)14-6-8-17(20-3)12(2)9-14/h5-9,11,16H,4,10,18H2,1-3H3. The molecular weight excluding hydrogens is 248 g/mol. The van der Waals surface area contributed by atoms with E-state index >= 15 is 0 Å². The highest BCUT2D eigenvalue weighted by Gasteiger charge is 2.10. The monoisotopic (exact) mass is 270 g/mol. The molecule has 0 aliphatic heterocycles. The van der Waals surface area contributed by atoms with Gasteiger partial charge in [0.25, 0.3) is 0 Å². The normalized spacial score (nSPS) is 12.2. The molecule has 0 aliphatic carbocycles. The summed E-state index contributed by atoms with van der Waals surface area (Å²) < 4.78 is 5.27. The minimum absolute atomic E-state index is 0.0421. The Labute approximate surface area is 120 Å². The third-order valence-electron chi connectivity index (χ3n) is 3.57. The first-order valence-electron chi connectivity index (χ1n) is 6.98. The molecule has 3 heteroatoms. The van der Waals surface area contributed by atoms with Crippen LogP contribution in [0.5, 0.6) is 5.75 Å². The Bertz CT molecular complexity index is 564. The van der Waals surface area contributed by atoms with Crippen molar-refractivity contribution in [2.45, 2.75) is 32.7 Å². The summed E-state index contributed by atoms with van der Waals surface area (Å²) in [5.74, 6) is 0.895. The van der Waals surface area contributed by atoms with E-state index in [1.54, 1.807) is 7.11 Å². The third kappa shape index (κ3) is 3.36. The van der Waals surface area contributed by atoms with Crippen molar-refractivity contribution in [1.29, 1.82) is 0 Å². The summed E-state index contributed by atoms with van der Waals surface area (Å²) >= 11 is 0. The van der Waals surface area contributed by atoms with Gasteiger partial charge in [0.2, 0.25) is 0 Å². The summed E-state index contributed by atoms with van der Waals surface area (Å²) in [6.07, 6.45) is 3.69. The van der Waals surface area contributed by atoms with Crippen LogP contribution < -0.4 is 10.5 Å². The van der Waals surface area contributed by atoms with E-state index in [1.807, 2.05) is 25.3 Å². The Balaban J connectivity index is 2.10. The highest BCUT2D eigenvalue weighted by molar-refractivity contribution is 5.37. The number of aromatic nitrogens is 1. The number of pyridine rings is 1. The van der Waals surface area contributed by atoms with Crippen LogP contribution in [0.25, 0.3) is 0 Å². The second-order valence-electron chi connectivity index (χ2n) is 5.05. The predicted molar refractivity (Wildman–Crippen MR) is 82.0 cm³/mol. The van der Waals surface area contributed by atoms with Gasteiger partial charge in [-0.25, -0.2) is 0 Å². The van der Waals surface area contributed by atoms with Crippen LogP contribution in [0.4, 0.5) is 0 Å². The molecule has 0 amide bonds. The lowest BCUT2D eigenvalue weighted by Crippen LogP contribution is -2.14. The van der Waals surface area contributed by atoms with Crippen molar-refractivity contribution in [1.82, 2.24) is 4.98 Å². The molecule has 1 aromatic heterocycles. The van der Waals surface area contributed by atoms with Gasteiger partial charge in [-0.15, -0.1) is 0 Å². The molecule has 1 aromatic carbocycles. The molecular formula is C17H22N2O. The van der Waals surface area contributed by atoms with Crippen LogP contribution in [0.1, 0.15) is 35.3 Å². The van der Waals surface area contributed by atoms with Gasteiger partial charge in [0.05, 0.1) is 7.11 Å². The van der Waals surface area contributed by atoms with Gasteiger partial charge in [-0.3, -0.25) is 4.98 Å². The van der Waals surface area contributed by atoms with Gasteiger partial charge in [-0.2, -0.15) is 0 Å². The van der Waals surface area contributed by atoms with E-state index in [0.717, 1.165) is 35.4 Å². The molecule has 20 heavy (non-hydrogen) atoms. The smallest absolute Gasteiger partial charge is 0.121 e. The van der Waals surface area contributed by atoms with Gasteiger partial charge in [-0.05, 0) is 42.2 Å². The van der Waals surface area contributed by atoms with Crippen LogP contribution >= 0.6 is 0 Å². The summed E-state index contributed by atoms with van der Waals surface area (Å²) in [5.41, 5.74) is 10.8. The number of nitrogens with two attached hydrogens (primary N) is 1. The van der Waals surface area contributed by atoms with Crippen molar-refractivity contribution in [3.8, 4) is 5.75 Å². The van der Waals surface area contributed by atoms with Gasteiger partial charge in [0, 0.05) is 24.4 Å². The first kappa shape index (κ1) is 14.5. The zero-order valence-corrected chi connectivity index (χ0v) is 12.4. The molecule has 0 spiro atoms. The van der Waals surface area contributed by atoms with Crippen molar-refractivity contribution in [3.05, 3.63) is 58.9 Å². The molecule has 1 atom stereocenters. The first-order chi connectivity index (χ1) is 9.63. The van der Waals surface area contributed by atoms with E-state index in [2.05, 4.69) is 30.1 Å². The SMILES string of the molecule is CCc1ccc(CC(N)c2ccc(OC)c(C)c2)nc1. The maximum absolute atomic E-state index is 6.28. The van der Waals surface area contributed by atoms with Crippen molar-refractivity contribution < 1.29 is 4.74 Å². The Morgan fingerprint density at radius 2 is 2.05 bits per heavy atom. The zero-order valence-electron chi connectivity index (χ0n) is 12.4. The quantitative estimate of drug-likeness (QED) is 0.907. The van der Waals surface area contributed by atoms with Crippen LogP contribution in [-0.4, -0.2) is 12.1 Å². The first-order valence-corrected chi connectivity index (χ1v) is 6.98. The molecule has 0 fully saturated rings. The molecule has 3 nitrogen and oxygen atoms in total. The molecule has 0 radical (unpaired) electrons. The lowest BCUT2D eigenvalue weighted by molar-refractivity contribution is 0.411. The van der Waals surface area contributed by atoms with E-state index < -0.39 is 0 Å². The van der Waals surface area contributed by atoms with Gasteiger partial charge in [0.1, 0.15) is 5.75 Å². The lowest BCUT2D eigenvalue weighted by atomic mass is 10.00. The largest absolute Gasteiger partial charge is 0.496 e. The van der Waals surface area contributed by atoms with Crippen molar-refractivity contribution >= 4 is 0 Å². The average Bonchev–Trinajstić information content (AvgIpc) is 2.48. The van der Waals surface area contributed by atoms with Crippen LogP contribution in [0.15, 0.2) is 36.5 Å². The predicted octanol–water partition coefficient (Wildman–Crippen LogP) is 3.20. The maximum atomic E-state index is 6.28. The lowest BCUT2D eigenvalue weighted by Gasteiger charge is -2.14. The average molecular weight is 270 g/mol. The number of nitrogens with zero attached hydrogens (tertiary/aromatic N) is 1. The molecule has 0 saturated carbocycles. The number of rotatable bonds is 5. The van der Waals surface area contributed by atoms with Gasteiger partial charge in [-0.1, -0.05) is 25.1 Å². The summed E-state index contributed by atoms with van der Waals surface area (Å²) in [5, 5.41) is 0. The highest BCUT2D eigenvalue weighted by atomic mass is 16.5. The maximum Gasteiger partial charge on any atom is 0.121 e. The second-order valence-corrected chi connectivity index (χ2v) is 5.05. The molecule has 0 aliphatic rings. The molecule has 2 N–H and O–H groups in total. The fourth-order valence-electron chi connectivity index (χ4n) is 2.26. The van der Waals surface area contributed by atoms with Gasteiger partial charge >= 0.3 is 0 Å². The Morgan fingerprint density at radius 1 is 1.25 bits per heavy atom. The summed E-state index contributed by atoms with van der Waals surface area (Å²) in [4.78, 5) is 4.47. The van der Waals surface area contributed by atoms with Crippen LogP contribution in [0.3, 0.4) is 0 Å². The Morgan fingerprint density at radius 3 is 2.60 bits per heavy atom. The Hall–Kier alpha value is -1.87. The number of benzene rings is 1. The van der Waals surface area contributed by atoms with E-state index in [0.29, 0.717) is 0 Å². The van der Waals surface area contributed by atoms with Crippen molar-refractivity contribution in [2.75, 3.05) is 7.11 Å². The molecule has 0 bridgehead atoms. The molecule has 2 aromatic rings. The number of methoxy groups -OCH3 is 1. The molecule has 2 rings (SSSR count). The molecule has 1 heterocycles. The zero-order chi connectivity index (χ0) is 14.5. The van der Waals surface area contributed by atoms with Crippen LogP contribution in [-0.2, 0) is 12.8 Å². The summed E-state index contributed by atoms with van der Waals surface area (Å²) in [6.45, 7) is 4.16. The fraction of sp³-hybridized carbons (Fsp3) is 0.353. The summed E-state index contributed by atoms with van der Waals surface area (Å²) in [7, 11) is 1.68. The number of aryl methyl sites for hydroxylation is 2. The molecule has 1 unspecified atom stereocenters. The molecule has 106 valence electrons. The van der Waals surface area contributed by atoms with Gasteiger partial charge < -0.3 is 10.5 Å². The molecule has 0 saturated heterocycles. The van der Waals surface area contributed by atoms with E-state index in [4.69, 9.17) is 10.5 Å². The number of ether oxygens (including phenoxy) is 1. The fourth-order valence-corrected chi connectivity index (χ4v) is 2.26. The van der Waals surface area contributed by atoms with Crippen molar-refractivity contribution in [3.63, 3.8) is 0 Å². The van der Waals surface area contributed by atoms with Crippen LogP contribution in [0, 0.1) is 6.92 Å². The Kier molecular flexibility index (Phi) is 4.74. The topological polar surface area (TPSA) is 48.1 Å². The second kappa shape index (κ2) is 6.53. The van der Waals surface area contributed by atoms with Crippen LogP contribution in [0.2, 0.25) is 0 Å². The van der Waals surface area contributed by atoms with E-state index in [9.17, 15) is 0 Å². The summed E-state index contributed by atoms with van der Waals surface area (Å²) in [6, 6.07) is 10.2. The minimum atomic E-state index is -0.0421. The number of hydrogen-bond acceptors (Lipinski definition) is 3.